The largest absolute Gasteiger partial charge is 0.378 e. The summed E-state index contributed by atoms with van der Waals surface area (Å²) in [6.45, 7) is 3.45. The summed E-state index contributed by atoms with van der Waals surface area (Å²) >= 11 is 0. The van der Waals surface area contributed by atoms with E-state index >= 15 is 0 Å². The Balaban J connectivity index is 1.76. The summed E-state index contributed by atoms with van der Waals surface area (Å²) in [5, 5.41) is 2.59. The van der Waals surface area contributed by atoms with E-state index in [0.29, 0.717) is 12.6 Å². The normalized spacial score (nSPS) is 29.6. The summed E-state index contributed by atoms with van der Waals surface area (Å²) < 4.78 is 5.53. The van der Waals surface area contributed by atoms with Gasteiger partial charge in [-0.1, -0.05) is 0 Å². The van der Waals surface area contributed by atoms with Gasteiger partial charge in [0.05, 0.1) is 12.6 Å². The van der Waals surface area contributed by atoms with Crippen LogP contribution < -0.4 is 5.32 Å². The monoisotopic (exact) mass is 240 g/mol. The van der Waals surface area contributed by atoms with Crippen molar-refractivity contribution in [3.63, 3.8) is 0 Å². The van der Waals surface area contributed by atoms with Crippen LogP contribution in [0.2, 0.25) is 0 Å². The Morgan fingerprint density at radius 1 is 1.47 bits per heavy atom. The van der Waals surface area contributed by atoms with Gasteiger partial charge in [0, 0.05) is 13.2 Å². The van der Waals surface area contributed by atoms with Crippen LogP contribution in [0.3, 0.4) is 0 Å². The van der Waals surface area contributed by atoms with E-state index in [1.807, 2.05) is 0 Å². The first kappa shape index (κ1) is 12.4. The van der Waals surface area contributed by atoms with Crippen LogP contribution >= 0.6 is 0 Å². The summed E-state index contributed by atoms with van der Waals surface area (Å²) in [7, 11) is 0. The molecule has 0 bridgehead atoms. The molecular weight excluding hydrogens is 220 g/mol. The Hall–Kier alpha value is -1.10. The Kier molecular flexibility index (Phi) is 3.99. The third-order valence-electron chi connectivity index (χ3n) is 3.53. The molecule has 2 heterocycles. The quantitative estimate of drug-likeness (QED) is 0.768. The van der Waals surface area contributed by atoms with E-state index in [0.717, 1.165) is 32.3 Å². The molecule has 0 aromatic rings. The van der Waals surface area contributed by atoms with Crippen LogP contribution in [0.5, 0.6) is 0 Å². The van der Waals surface area contributed by atoms with Crippen molar-refractivity contribution in [2.45, 2.75) is 44.8 Å². The molecule has 0 spiro atoms. The van der Waals surface area contributed by atoms with Crippen molar-refractivity contribution < 1.29 is 14.3 Å². The Bertz CT molecular complexity index is 300. The summed E-state index contributed by atoms with van der Waals surface area (Å²) in [4.78, 5) is 24.8. The smallest absolute Gasteiger partial charge is 0.242 e. The van der Waals surface area contributed by atoms with E-state index in [1.54, 1.807) is 11.8 Å². The molecule has 17 heavy (non-hydrogen) atoms. The molecule has 0 radical (unpaired) electrons. The van der Waals surface area contributed by atoms with E-state index in [4.69, 9.17) is 4.74 Å². The fraction of sp³-hybridized carbons (Fsp3) is 0.833. The van der Waals surface area contributed by atoms with E-state index in [-0.39, 0.29) is 24.4 Å². The van der Waals surface area contributed by atoms with Crippen molar-refractivity contribution in [3.05, 3.63) is 0 Å². The number of amides is 2. The number of hydrogen-bond donors (Lipinski definition) is 1. The first-order valence-electron chi connectivity index (χ1n) is 6.37. The van der Waals surface area contributed by atoms with Gasteiger partial charge >= 0.3 is 0 Å². The maximum atomic E-state index is 11.7. The van der Waals surface area contributed by atoms with Crippen molar-refractivity contribution in [3.8, 4) is 0 Å². The number of ether oxygens (including phenoxy) is 1. The lowest BCUT2D eigenvalue weighted by molar-refractivity contribution is -0.144. The second kappa shape index (κ2) is 5.49. The van der Waals surface area contributed by atoms with Crippen LogP contribution in [0.1, 0.15) is 32.6 Å². The van der Waals surface area contributed by atoms with Crippen molar-refractivity contribution in [1.29, 1.82) is 0 Å². The van der Waals surface area contributed by atoms with Gasteiger partial charge in [-0.3, -0.25) is 9.59 Å². The second-order valence-corrected chi connectivity index (χ2v) is 4.76. The van der Waals surface area contributed by atoms with Gasteiger partial charge in [0.2, 0.25) is 11.8 Å². The van der Waals surface area contributed by atoms with Gasteiger partial charge in [0.1, 0.15) is 6.04 Å². The average molecular weight is 240 g/mol. The number of carbonyl (C=O) groups is 2. The lowest BCUT2D eigenvalue weighted by Crippen LogP contribution is -2.57. The van der Waals surface area contributed by atoms with Gasteiger partial charge in [-0.2, -0.15) is 0 Å². The van der Waals surface area contributed by atoms with Crippen molar-refractivity contribution in [1.82, 2.24) is 10.2 Å². The van der Waals surface area contributed by atoms with Gasteiger partial charge in [0.15, 0.2) is 0 Å². The zero-order valence-electron chi connectivity index (χ0n) is 10.3. The molecule has 0 aliphatic carbocycles. The van der Waals surface area contributed by atoms with Gasteiger partial charge in [-0.25, -0.2) is 0 Å². The zero-order valence-corrected chi connectivity index (χ0v) is 10.3. The van der Waals surface area contributed by atoms with Crippen LogP contribution in [0.4, 0.5) is 0 Å². The van der Waals surface area contributed by atoms with E-state index in [9.17, 15) is 9.59 Å². The Morgan fingerprint density at radius 3 is 3.00 bits per heavy atom. The topological polar surface area (TPSA) is 58.6 Å². The molecule has 2 aliphatic heterocycles. The van der Waals surface area contributed by atoms with Gasteiger partial charge in [0.25, 0.3) is 0 Å². The van der Waals surface area contributed by atoms with Crippen molar-refractivity contribution in [2.24, 2.45) is 0 Å². The fourth-order valence-electron chi connectivity index (χ4n) is 2.45. The number of rotatable bonds is 4. The molecule has 0 aromatic heterocycles. The number of carbonyl (C=O) groups excluding carboxylic acids is 2. The maximum absolute atomic E-state index is 11.7. The zero-order chi connectivity index (χ0) is 12.3. The lowest BCUT2D eigenvalue weighted by Gasteiger charge is -2.32. The fourth-order valence-corrected chi connectivity index (χ4v) is 2.45. The predicted molar refractivity (Wildman–Crippen MR) is 62.4 cm³/mol. The average Bonchev–Trinajstić information content (AvgIpc) is 2.81. The lowest BCUT2D eigenvalue weighted by atomic mass is 10.1. The molecule has 1 N–H and O–H groups in total. The van der Waals surface area contributed by atoms with Gasteiger partial charge in [-0.15, -0.1) is 0 Å². The van der Waals surface area contributed by atoms with Crippen LogP contribution in [0.25, 0.3) is 0 Å². The molecule has 5 heteroatoms. The molecule has 0 aromatic carbocycles. The third-order valence-corrected chi connectivity index (χ3v) is 3.53. The Labute approximate surface area is 101 Å². The van der Waals surface area contributed by atoms with Gasteiger partial charge < -0.3 is 15.0 Å². The number of piperazine rings is 1. The minimum absolute atomic E-state index is 0.0180. The predicted octanol–water partition coefficient (Wildman–Crippen LogP) is 0.292. The van der Waals surface area contributed by atoms with Crippen molar-refractivity contribution >= 4 is 11.8 Å². The molecule has 2 unspecified atom stereocenters. The molecule has 96 valence electrons. The summed E-state index contributed by atoms with van der Waals surface area (Å²) in [5.41, 5.74) is 0. The highest BCUT2D eigenvalue weighted by Gasteiger charge is 2.30. The van der Waals surface area contributed by atoms with Crippen LogP contribution in [0.15, 0.2) is 0 Å². The number of nitrogens with zero attached hydrogens (tertiary/aromatic N) is 1. The second-order valence-electron chi connectivity index (χ2n) is 4.76. The summed E-state index contributed by atoms with van der Waals surface area (Å²) in [5.74, 6) is -0.0360. The van der Waals surface area contributed by atoms with E-state index in [1.165, 1.54) is 0 Å². The Morgan fingerprint density at radius 2 is 2.29 bits per heavy atom. The van der Waals surface area contributed by atoms with E-state index in [2.05, 4.69) is 5.32 Å². The highest BCUT2D eigenvalue weighted by molar-refractivity contribution is 5.94. The molecule has 0 saturated carbocycles. The highest BCUT2D eigenvalue weighted by Crippen LogP contribution is 2.17. The number of hydrogen-bond acceptors (Lipinski definition) is 3. The van der Waals surface area contributed by atoms with Crippen LogP contribution in [-0.4, -0.2) is 48.6 Å². The van der Waals surface area contributed by atoms with Crippen LogP contribution in [-0.2, 0) is 14.3 Å². The molecular formula is C12H20N2O3. The highest BCUT2D eigenvalue weighted by atomic mass is 16.5. The SMILES string of the molecule is CC1C(=O)NCC(=O)N1CCCC1CCCO1. The molecule has 2 amide bonds. The summed E-state index contributed by atoms with van der Waals surface area (Å²) in [6, 6.07) is -0.333. The first-order valence-corrected chi connectivity index (χ1v) is 6.37. The third kappa shape index (κ3) is 2.97. The minimum Gasteiger partial charge on any atom is -0.378 e. The van der Waals surface area contributed by atoms with Gasteiger partial charge in [-0.05, 0) is 32.6 Å². The molecule has 2 atom stereocenters. The van der Waals surface area contributed by atoms with Crippen LogP contribution in [0, 0.1) is 0 Å². The molecule has 2 rings (SSSR count). The van der Waals surface area contributed by atoms with E-state index < -0.39 is 0 Å². The number of nitrogens with one attached hydrogen (secondary N) is 1. The first-order chi connectivity index (χ1) is 8.18. The molecule has 2 aliphatic rings. The molecule has 2 saturated heterocycles. The molecule has 5 nitrogen and oxygen atoms in total. The standard InChI is InChI=1S/C12H20N2O3/c1-9-12(16)13-8-11(15)14(9)6-2-4-10-5-3-7-17-10/h9-10H,2-8H2,1H3,(H,13,16). The molecule has 2 fully saturated rings. The minimum atomic E-state index is -0.333. The summed E-state index contributed by atoms with van der Waals surface area (Å²) in [6.07, 6.45) is 4.53. The maximum Gasteiger partial charge on any atom is 0.242 e. The van der Waals surface area contributed by atoms with Crippen molar-refractivity contribution in [2.75, 3.05) is 19.7 Å².